The van der Waals surface area contributed by atoms with Crippen LogP contribution in [0.15, 0.2) is 30.3 Å². The lowest BCUT2D eigenvalue weighted by molar-refractivity contribution is -0.137. The number of likely N-dealkylation sites (tertiary alicyclic amines) is 1. The van der Waals surface area contributed by atoms with Crippen LogP contribution in [0, 0.1) is 18.8 Å². The third-order valence-corrected chi connectivity index (χ3v) is 7.13. The summed E-state index contributed by atoms with van der Waals surface area (Å²) in [6.07, 6.45) is -4.51. The first-order valence-electron chi connectivity index (χ1n) is 12.1. The molecule has 5 rings (SSSR count). The Labute approximate surface area is 212 Å². The van der Waals surface area contributed by atoms with E-state index in [1.807, 2.05) is 4.90 Å². The minimum absolute atomic E-state index is 0.0282. The SMILES string of the molecule is CNc1cc2c(N[C@H](C)c3cc(N)cc(C(F)(F)F)c3)nc(C)nc2cc1C(=O)N1CC2COCC2C1. The van der Waals surface area contributed by atoms with E-state index in [9.17, 15) is 18.0 Å². The molecule has 11 heteroatoms. The van der Waals surface area contributed by atoms with Crippen LogP contribution in [0.4, 0.5) is 30.4 Å². The first-order valence-corrected chi connectivity index (χ1v) is 12.1. The second-order valence-corrected chi connectivity index (χ2v) is 9.80. The highest BCUT2D eigenvalue weighted by molar-refractivity contribution is 6.05. The molecule has 0 spiro atoms. The van der Waals surface area contributed by atoms with Gasteiger partial charge in [-0.05, 0) is 49.7 Å². The number of nitrogens with one attached hydrogen (secondary N) is 2. The Balaban J connectivity index is 1.48. The number of ether oxygens (including phenoxy) is 1. The number of amides is 1. The number of rotatable bonds is 5. The summed E-state index contributed by atoms with van der Waals surface area (Å²) in [5.41, 5.74) is 7.06. The summed E-state index contributed by atoms with van der Waals surface area (Å²) in [6.45, 7) is 6.16. The first-order chi connectivity index (χ1) is 17.5. The van der Waals surface area contributed by atoms with Gasteiger partial charge in [0.25, 0.3) is 5.91 Å². The predicted octanol–water partition coefficient (Wildman–Crippen LogP) is 4.47. The van der Waals surface area contributed by atoms with E-state index in [1.165, 1.54) is 6.07 Å². The third-order valence-electron chi connectivity index (χ3n) is 7.13. The molecular weight excluding hydrogens is 485 g/mol. The molecule has 3 aromatic rings. The lowest BCUT2D eigenvalue weighted by Crippen LogP contribution is -2.30. The van der Waals surface area contributed by atoms with Crippen molar-refractivity contribution in [3.63, 3.8) is 0 Å². The van der Waals surface area contributed by atoms with Crippen LogP contribution in [0.25, 0.3) is 10.9 Å². The second kappa shape index (κ2) is 9.37. The first kappa shape index (κ1) is 25.1. The van der Waals surface area contributed by atoms with Crippen LogP contribution < -0.4 is 16.4 Å². The van der Waals surface area contributed by atoms with Crippen molar-refractivity contribution in [2.75, 3.05) is 49.7 Å². The van der Waals surface area contributed by atoms with Gasteiger partial charge in [-0.3, -0.25) is 4.79 Å². The second-order valence-electron chi connectivity index (χ2n) is 9.80. The van der Waals surface area contributed by atoms with Crippen molar-refractivity contribution in [3.8, 4) is 0 Å². The summed E-state index contributed by atoms with van der Waals surface area (Å²) < 4.78 is 45.5. The Morgan fingerprint density at radius 3 is 2.49 bits per heavy atom. The molecule has 2 unspecified atom stereocenters. The molecule has 196 valence electrons. The molecule has 2 aliphatic heterocycles. The number of nitrogens with zero attached hydrogens (tertiary/aromatic N) is 3. The Morgan fingerprint density at radius 1 is 1.14 bits per heavy atom. The quantitative estimate of drug-likeness (QED) is 0.432. The van der Waals surface area contributed by atoms with Gasteiger partial charge < -0.3 is 26.0 Å². The molecule has 2 fully saturated rings. The Bertz CT molecular complexity index is 1350. The summed E-state index contributed by atoms with van der Waals surface area (Å²) >= 11 is 0. The van der Waals surface area contributed by atoms with E-state index in [1.54, 1.807) is 33.0 Å². The van der Waals surface area contributed by atoms with Gasteiger partial charge >= 0.3 is 6.18 Å². The predicted molar refractivity (Wildman–Crippen MR) is 135 cm³/mol. The van der Waals surface area contributed by atoms with E-state index in [4.69, 9.17) is 10.5 Å². The molecule has 4 N–H and O–H groups in total. The Hall–Kier alpha value is -3.60. The molecule has 2 aromatic carbocycles. The summed E-state index contributed by atoms with van der Waals surface area (Å²) in [5.74, 6) is 1.59. The molecule has 0 aliphatic carbocycles. The number of nitrogens with two attached hydrogens (primary N) is 1. The maximum atomic E-state index is 13.5. The van der Waals surface area contributed by atoms with Crippen molar-refractivity contribution >= 4 is 34.0 Å². The normalized spacial score (nSPS) is 20.2. The van der Waals surface area contributed by atoms with E-state index in [0.29, 0.717) is 77.5 Å². The largest absolute Gasteiger partial charge is 0.416 e. The number of hydrogen-bond donors (Lipinski definition) is 3. The molecule has 0 saturated carbocycles. The number of hydrogen-bond acceptors (Lipinski definition) is 7. The molecule has 0 radical (unpaired) electrons. The van der Waals surface area contributed by atoms with Gasteiger partial charge in [0.15, 0.2) is 0 Å². The highest BCUT2D eigenvalue weighted by Crippen LogP contribution is 2.36. The minimum Gasteiger partial charge on any atom is -0.399 e. The number of carbonyl (C=O) groups is 1. The number of alkyl halides is 3. The monoisotopic (exact) mass is 514 g/mol. The number of fused-ring (bicyclic) bond motifs is 2. The average molecular weight is 515 g/mol. The molecule has 1 aromatic heterocycles. The van der Waals surface area contributed by atoms with Crippen molar-refractivity contribution in [3.05, 3.63) is 52.8 Å². The van der Waals surface area contributed by atoms with Crippen LogP contribution in [0.3, 0.4) is 0 Å². The fourth-order valence-electron chi connectivity index (χ4n) is 5.19. The van der Waals surface area contributed by atoms with Crippen LogP contribution in [-0.2, 0) is 10.9 Å². The maximum absolute atomic E-state index is 13.5. The molecule has 3 heterocycles. The van der Waals surface area contributed by atoms with Crippen LogP contribution >= 0.6 is 0 Å². The minimum atomic E-state index is -4.51. The highest BCUT2D eigenvalue weighted by atomic mass is 19.4. The van der Waals surface area contributed by atoms with Gasteiger partial charge in [-0.15, -0.1) is 0 Å². The lowest BCUT2D eigenvalue weighted by atomic mass is 10.0. The Morgan fingerprint density at radius 2 is 1.84 bits per heavy atom. The van der Waals surface area contributed by atoms with E-state index in [0.717, 1.165) is 12.1 Å². The molecule has 2 aliphatic rings. The van der Waals surface area contributed by atoms with Gasteiger partial charge in [0.2, 0.25) is 0 Å². The number of anilines is 3. The molecule has 2 saturated heterocycles. The van der Waals surface area contributed by atoms with Crippen molar-refractivity contribution in [2.45, 2.75) is 26.1 Å². The lowest BCUT2D eigenvalue weighted by Gasteiger charge is -2.21. The van der Waals surface area contributed by atoms with E-state index in [-0.39, 0.29) is 11.6 Å². The molecule has 8 nitrogen and oxygen atoms in total. The highest BCUT2D eigenvalue weighted by Gasteiger charge is 2.39. The van der Waals surface area contributed by atoms with Crippen molar-refractivity contribution < 1.29 is 22.7 Å². The van der Waals surface area contributed by atoms with Crippen LogP contribution in [-0.4, -0.2) is 54.1 Å². The molecule has 1 amide bonds. The molecule has 37 heavy (non-hydrogen) atoms. The van der Waals surface area contributed by atoms with Gasteiger partial charge in [0.05, 0.1) is 35.9 Å². The fourth-order valence-corrected chi connectivity index (χ4v) is 5.19. The zero-order valence-electron chi connectivity index (χ0n) is 20.8. The fraction of sp³-hybridized carbons (Fsp3) is 0.423. The Kier molecular flexibility index (Phi) is 6.35. The van der Waals surface area contributed by atoms with Gasteiger partial charge in [-0.2, -0.15) is 13.2 Å². The molecule has 3 atom stereocenters. The van der Waals surface area contributed by atoms with E-state index in [2.05, 4.69) is 20.6 Å². The van der Waals surface area contributed by atoms with Crippen LogP contribution in [0.1, 0.15) is 40.3 Å². The number of benzene rings is 2. The zero-order valence-corrected chi connectivity index (χ0v) is 20.8. The third kappa shape index (κ3) is 4.87. The van der Waals surface area contributed by atoms with Gasteiger partial charge in [-0.25, -0.2) is 9.97 Å². The molecule has 0 bridgehead atoms. The summed E-state index contributed by atoms with van der Waals surface area (Å²) in [6, 6.07) is 6.52. The summed E-state index contributed by atoms with van der Waals surface area (Å²) in [5, 5.41) is 6.97. The van der Waals surface area contributed by atoms with E-state index < -0.39 is 17.8 Å². The smallest absolute Gasteiger partial charge is 0.399 e. The number of nitrogen functional groups attached to an aromatic ring is 1. The zero-order chi connectivity index (χ0) is 26.5. The van der Waals surface area contributed by atoms with Gasteiger partial charge in [0.1, 0.15) is 11.6 Å². The van der Waals surface area contributed by atoms with Crippen molar-refractivity contribution in [1.29, 1.82) is 0 Å². The number of aromatic nitrogens is 2. The summed E-state index contributed by atoms with van der Waals surface area (Å²) in [7, 11) is 1.74. The van der Waals surface area contributed by atoms with Crippen LogP contribution in [0.5, 0.6) is 0 Å². The van der Waals surface area contributed by atoms with E-state index >= 15 is 0 Å². The standard InChI is InChI=1S/C26H29F3N6O2/c1-13(15-4-18(26(27,28)29)6-19(30)5-15)32-24-20-7-22(31-3)21(8-23(20)33-14(2)34-24)25(36)35-9-16-11-37-12-17(16)10-35/h4-8,13,16-17,31H,9-12,30H2,1-3H3,(H,32,33,34)/t13-,16?,17?/m1/s1. The molecular formula is C26H29F3N6O2. The van der Waals surface area contributed by atoms with Gasteiger partial charge in [0, 0.05) is 48.7 Å². The topological polar surface area (TPSA) is 105 Å². The van der Waals surface area contributed by atoms with Crippen molar-refractivity contribution in [2.24, 2.45) is 11.8 Å². The average Bonchev–Trinajstić information content (AvgIpc) is 3.44. The van der Waals surface area contributed by atoms with Gasteiger partial charge in [-0.1, -0.05) is 0 Å². The number of halogens is 3. The number of carbonyl (C=O) groups excluding carboxylic acids is 1. The number of aryl methyl sites for hydroxylation is 1. The van der Waals surface area contributed by atoms with Crippen molar-refractivity contribution in [1.82, 2.24) is 14.9 Å². The summed E-state index contributed by atoms with van der Waals surface area (Å²) in [4.78, 5) is 24.4. The maximum Gasteiger partial charge on any atom is 0.416 e. The van der Waals surface area contributed by atoms with Crippen LogP contribution in [0.2, 0.25) is 0 Å².